The van der Waals surface area contributed by atoms with Crippen molar-refractivity contribution in [1.29, 1.82) is 0 Å². The molecule has 0 aromatic heterocycles. The fourth-order valence-corrected chi connectivity index (χ4v) is 4.82. The van der Waals surface area contributed by atoms with Crippen LogP contribution in [0.2, 0.25) is 0 Å². The van der Waals surface area contributed by atoms with Crippen molar-refractivity contribution in [2.24, 2.45) is 16.6 Å². The molecule has 5 N–H and O–H groups in total. The number of hydrogen-bond donors (Lipinski definition) is 4. The van der Waals surface area contributed by atoms with E-state index in [2.05, 4.69) is 15.6 Å². The third kappa shape index (κ3) is 12.6. The number of methoxy groups -OCH3 is 3. The molecule has 1 aliphatic rings. The maximum Gasteiger partial charge on any atom is 0.490 e. The molecule has 2 aromatic rings. The number of carboxylic acids is 1. The molecule has 1 aliphatic carbocycles. The van der Waals surface area contributed by atoms with Crippen LogP contribution in [-0.4, -0.2) is 62.4 Å². The Kier molecular flexibility index (Phi) is 14.4. The van der Waals surface area contributed by atoms with E-state index in [1.54, 1.807) is 39.5 Å². The summed E-state index contributed by atoms with van der Waals surface area (Å²) in [4.78, 5) is 39.4. The quantitative estimate of drug-likeness (QED) is 0.206. The van der Waals surface area contributed by atoms with Gasteiger partial charge in [0.25, 0.3) is 0 Å². The first kappa shape index (κ1) is 36.7. The number of benzene rings is 2. The minimum atomic E-state index is -5.08. The van der Waals surface area contributed by atoms with Crippen LogP contribution in [0.1, 0.15) is 62.6 Å². The van der Waals surface area contributed by atoms with Gasteiger partial charge in [-0.1, -0.05) is 50.3 Å². The van der Waals surface area contributed by atoms with Gasteiger partial charge in [-0.15, -0.1) is 0 Å². The van der Waals surface area contributed by atoms with Crippen LogP contribution in [0.4, 0.5) is 13.2 Å². The Morgan fingerprint density at radius 3 is 2.22 bits per heavy atom. The van der Waals surface area contributed by atoms with E-state index in [9.17, 15) is 22.8 Å². The lowest BCUT2D eigenvalue weighted by atomic mass is 9.84. The van der Waals surface area contributed by atoms with Gasteiger partial charge in [0, 0.05) is 0 Å². The van der Waals surface area contributed by atoms with E-state index in [0.717, 1.165) is 42.6 Å². The van der Waals surface area contributed by atoms with E-state index in [-0.39, 0.29) is 30.2 Å². The zero-order chi connectivity index (χ0) is 33.6. The topological polar surface area (TPSA) is 162 Å². The van der Waals surface area contributed by atoms with Crippen molar-refractivity contribution in [2.75, 3.05) is 21.3 Å². The lowest BCUT2D eigenvalue weighted by Gasteiger charge is -2.25. The molecule has 3 rings (SSSR count). The number of nitrogens with two attached hydrogens (primary N) is 1. The number of nitrogens with zero attached hydrogens (tertiary/aromatic N) is 1. The van der Waals surface area contributed by atoms with Gasteiger partial charge in [-0.3, -0.25) is 14.9 Å². The SMILES string of the molecule is COc1cccc(C(C)NC(=O)[C@@H](CC2CCCCC2)N=C(N)NC(=O)Cc2ccc(OC)c(OC)c2)c1.O=C(O)C(F)(F)F. The number of amides is 2. The standard InChI is InChI=1S/C29H40N4O5.C2HF3O2/c1-19(22-11-8-12-23(18-22)36-2)31-28(35)24(15-20-9-6-5-7-10-20)32-29(30)33-27(34)17-21-13-14-25(37-3)26(16-21)38-4;3-2(4,5)1(6)7/h8,11-14,16,18-20,24H,5-7,9-10,15,17H2,1-4H3,(H,31,35)(H3,30,32,33,34);(H,6,7)/t19?,24-;/m1./s1. The fraction of sp³-hybridized carbons (Fsp3) is 0.484. The summed E-state index contributed by atoms with van der Waals surface area (Å²) in [6, 6.07) is 11.9. The monoisotopic (exact) mass is 638 g/mol. The number of aliphatic carboxylic acids is 1. The number of ether oxygens (including phenoxy) is 3. The number of hydrogen-bond acceptors (Lipinski definition) is 7. The van der Waals surface area contributed by atoms with Gasteiger partial charge in [0.05, 0.1) is 33.8 Å². The van der Waals surface area contributed by atoms with Gasteiger partial charge in [0.1, 0.15) is 11.8 Å². The molecule has 0 radical (unpaired) electrons. The maximum atomic E-state index is 13.4. The highest BCUT2D eigenvalue weighted by Gasteiger charge is 2.38. The fourth-order valence-electron chi connectivity index (χ4n) is 4.82. The zero-order valence-corrected chi connectivity index (χ0v) is 25.8. The summed E-state index contributed by atoms with van der Waals surface area (Å²) in [7, 11) is 4.71. The maximum absolute atomic E-state index is 13.4. The van der Waals surface area contributed by atoms with Crippen LogP contribution in [0.15, 0.2) is 47.5 Å². The zero-order valence-electron chi connectivity index (χ0n) is 25.8. The number of carboxylic acid groups (broad SMARTS) is 1. The van der Waals surface area contributed by atoms with Crippen LogP contribution in [-0.2, 0) is 20.8 Å². The van der Waals surface area contributed by atoms with Crippen molar-refractivity contribution in [3.05, 3.63) is 53.6 Å². The molecule has 0 bridgehead atoms. The number of aliphatic imine (C=N–C) groups is 1. The molecule has 0 saturated heterocycles. The number of rotatable bonds is 11. The van der Waals surface area contributed by atoms with Gasteiger partial charge in [-0.25, -0.2) is 9.79 Å². The second kappa shape index (κ2) is 17.7. The van der Waals surface area contributed by atoms with Gasteiger partial charge in [-0.05, 0) is 54.7 Å². The minimum absolute atomic E-state index is 0.0690. The highest BCUT2D eigenvalue weighted by molar-refractivity contribution is 5.98. The van der Waals surface area contributed by atoms with Crippen molar-refractivity contribution >= 4 is 23.7 Å². The first-order valence-electron chi connectivity index (χ1n) is 14.4. The molecule has 11 nitrogen and oxygen atoms in total. The van der Waals surface area contributed by atoms with Gasteiger partial charge >= 0.3 is 12.1 Å². The average Bonchev–Trinajstić information content (AvgIpc) is 3.00. The number of guanidine groups is 1. The lowest BCUT2D eigenvalue weighted by Crippen LogP contribution is -2.42. The predicted molar refractivity (Wildman–Crippen MR) is 161 cm³/mol. The van der Waals surface area contributed by atoms with Crippen molar-refractivity contribution in [2.45, 2.75) is 70.1 Å². The number of nitrogens with one attached hydrogen (secondary N) is 2. The Labute approximate surface area is 260 Å². The highest BCUT2D eigenvalue weighted by atomic mass is 19.4. The summed E-state index contributed by atoms with van der Waals surface area (Å²) in [6.07, 6.45) is 1.23. The number of alkyl halides is 3. The summed E-state index contributed by atoms with van der Waals surface area (Å²) >= 11 is 0. The third-order valence-electron chi connectivity index (χ3n) is 7.15. The molecule has 1 fully saturated rings. The highest BCUT2D eigenvalue weighted by Crippen LogP contribution is 2.29. The van der Waals surface area contributed by atoms with Crippen molar-refractivity contribution in [1.82, 2.24) is 10.6 Å². The largest absolute Gasteiger partial charge is 0.497 e. The molecule has 1 unspecified atom stereocenters. The molecule has 0 spiro atoms. The summed E-state index contributed by atoms with van der Waals surface area (Å²) < 4.78 is 47.6. The number of carbonyl (C=O) groups is 3. The molecule has 2 amide bonds. The first-order valence-corrected chi connectivity index (χ1v) is 14.4. The van der Waals surface area contributed by atoms with Crippen molar-refractivity contribution in [3.8, 4) is 17.2 Å². The van der Waals surface area contributed by atoms with Crippen LogP contribution < -0.4 is 30.6 Å². The molecule has 2 aromatic carbocycles. The van der Waals surface area contributed by atoms with E-state index in [4.69, 9.17) is 29.8 Å². The van der Waals surface area contributed by atoms with Crippen molar-refractivity contribution in [3.63, 3.8) is 0 Å². The third-order valence-corrected chi connectivity index (χ3v) is 7.15. The predicted octanol–water partition coefficient (Wildman–Crippen LogP) is 4.54. The van der Waals surface area contributed by atoms with E-state index < -0.39 is 18.2 Å². The van der Waals surface area contributed by atoms with E-state index in [1.807, 2.05) is 31.2 Å². The van der Waals surface area contributed by atoms with Crippen molar-refractivity contribution < 1.29 is 46.9 Å². The average molecular weight is 639 g/mol. The molecule has 45 heavy (non-hydrogen) atoms. The summed E-state index contributed by atoms with van der Waals surface area (Å²) in [6.45, 7) is 1.92. The Hall–Kier alpha value is -4.49. The Morgan fingerprint density at radius 1 is 1.00 bits per heavy atom. The van der Waals surface area contributed by atoms with Gasteiger partial charge in [0.2, 0.25) is 11.8 Å². The van der Waals surface area contributed by atoms with Crippen LogP contribution in [0.3, 0.4) is 0 Å². The van der Waals surface area contributed by atoms with E-state index >= 15 is 0 Å². The Morgan fingerprint density at radius 2 is 1.64 bits per heavy atom. The molecule has 0 aliphatic heterocycles. The van der Waals surface area contributed by atoms with E-state index in [0.29, 0.717) is 23.8 Å². The van der Waals surface area contributed by atoms with Gasteiger partial charge < -0.3 is 30.4 Å². The molecular formula is C31H41F3N4O7. The van der Waals surface area contributed by atoms with E-state index in [1.165, 1.54) is 6.42 Å². The normalized spacial score (nSPS) is 15.0. The summed E-state index contributed by atoms with van der Waals surface area (Å²) in [5.74, 6) is -1.14. The number of carbonyl (C=O) groups excluding carboxylic acids is 2. The summed E-state index contributed by atoms with van der Waals surface area (Å²) in [5.41, 5.74) is 7.79. The van der Waals surface area contributed by atoms with Crippen LogP contribution in [0.25, 0.3) is 0 Å². The van der Waals surface area contributed by atoms with Crippen LogP contribution >= 0.6 is 0 Å². The second-order valence-corrected chi connectivity index (χ2v) is 10.5. The minimum Gasteiger partial charge on any atom is -0.497 e. The number of halogens is 3. The molecule has 2 atom stereocenters. The molecular weight excluding hydrogens is 597 g/mol. The van der Waals surface area contributed by atoms with Crippen LogP contribution in [0, 0.1) is 5.92 Å². The molecule has 1 saturated carbocycles. The lowest BCUT2D eigenvalue weighted by molar-refractivity contribution is -0.192. The smallest absolute Gasteiger partial charge is 0.490 e. The molecule has 248 valence electrons. The Bertz CT molecular complexity index is 1310. The van der Waals surface area contributed by atoms with Gasteiger partial charge in [0.15, 0.2) is 17.5 Å². The second-order valence-electron chi connectivity index (χ2n) is 10.5. The first-order chi connectivity index (χ1) is 21.3. The molecule has 14 heteroatoms. The molecule has 0 heterocycles. The van der Waals surface area contributed by atoms with Gasteiger partial charge in [-0.2, -0.15) is 13.2 Å². The Balaban J connectivity index is 0.000000900. The summed E-state index contributed by atoms with van der Waals surface area (Å²) in [5, 5.41) is 12.8. The van der Waals surface area contributed by atoms with Crippen LogP contribution in [0.5, 0.6) is 17.2 Å².